The summed E-state index contributed by atoms with van der Waals surface area (Å²) in [5, 5.41) is 3.36. The molecule has 2 rings (SSSR count). The Kier molecular flexibility index (Phi) is 5.16. The van der Waals surface area contributed by atoms with Gasteiger partial charge in [0, 0.05) is 46.3 Å². The summed E-state index contributed by atoms with van der Waals surface area (Å²) in [5.74, 6) is 0.391. The number of hydrogen-bond acceptors (Lipinski definition) is 3. The minimum atomic E-state index is -0.139. The second-order valence-electron chi connectivity index (χ2n) is 5.49. The first-order valence-corrected chi connectivity index (χ1v) is 7.05. The number of nitrogens with zero attached hydrogens (tertiary/aromatic N) is 2. The van der Waals surface area contributed by atoms with Gasteiger partial charge in [-0.05, 0) is 18.1 Å². The SMILES string of the molecule is CC(CN1CCNCC1)CN(C)c1ccccc1F. The van der Waals surface area contributed by atoms with Crippen molar-refractivity contribution < 1.29 is 4.39 Å². The van der Waals surface area contributed by atoms with Crippen molar-refractivity contribution in [3.63, 3.8) is 0 Å². The van der Waals surface area contributed by atoms with Gasteiger partial charge >= 0.3 is 0 Å². The molecule has 1 aliphatic rings. The fourth-order valence-corrected chi connectivity index (χ4v) is 2.72. The number of halogens is 1. The highest BCUT2D eigenvalue weighted by Crippen LogP contribution is 2.18. The quantitative estimate of drug-likeness (QED) is 0.876. The van der Waals surface area contributed by atoms with Gasteiger partial charge in [0.25, 0.3) is 0 Å². The maximum absolute atomic E-state index is 13.7. The van der Waals surface area contributed by atoms with Crippen molar-refractivity contribution >= 4 is 5.69 Å². The molecule has 1 aromatic rings. The molecule has 0 amide bonds. The number of nitrogens with one attached hydrogen (secondary N) is 1. The van der Waals surface area contributed by atoms with Crippen LogP contribution in [0.5, 0.6) is 0 Å². The summed E-state index contributed by atoms with van der Waals surface area (Å²) in [6, 6.07) is 6.98. The predicted molar refractivity (Wildman–Crippen MR) is 78.1 cm³/mol. The molecule has 106 valence electrons. The average molecular weight is 265 g/mol. The Morgan fingerprint density at radius 3 is 2.68 bits per heavy atom. The van der Waals surface area contributed by atoms with Crippen molar-refractivity contribution in [2.75, 3.05) is 51.2 Å². The van der Waals surface area contributed by atoms with Gasteiger partial charge in [-0.2, -0.15) is 0 Å². The fraction of sp³-hybridized carbons (Fsp3) is 0.600. The van der Waals surface area contributed by atoms with Gasteiger partial charge in [-0.3, -0.25) is 0 Å². The van der Waals surface area contributed by atoms with Crippen molar-refractivity contribution in [1.29, 1.82) is 0 Å². The number of rotatable bonds is 5. The van der Waals surface area contributed by atoms with Crippen LogP contribution in [0.1, 0.15) is 6.92 Å². The number of piperazine rings is 1. The highest BCUT2D eigenvalue weighted by Gasteiger charge is 2.15. The van der Waals surface area contributed by atoms with Gasteiger partial charge in [0.2, 0.25) is 0 Å². The van der Waals surface area contributed by atoms with Crippen LogP contribution < -0.4 is 10.2 Å². The highest BCUT2D eigenvalue weighted by molar-refractivity contribution is 5.46. The molecule has 1 saturated heterocycles. The molecule has 4 heteroatoms. The van der Waals surface area contributed by atoms with Gasteiger partial charge < -0.3 is 15.1 Å². The van der Waals surface area contributed by atoms with E-state index in [4.69, 9.17) is 0 Å². The molecule has 1 unspecified atom stereocenters. The zero-order chi connectivity index (χ0) is 13.7. The molecule has 3 nitrogen and oxygen atoms in total. The van der Waals surface area contributed by atoms with Crippen LogP contribution in [-0.4, -0.2) is 51.2 Å². The zero-order valence-electron chi connectivity index (χ0n) is 11.9. The van der Waals surface area contributed by atoms with Crippen LogP contribution in [0.15, 0.2) is 24.3 Å². The lowest BCUT2D eigenvalue weighted by atomic mass is 10.1. The molecule has 1 N–H and O–H groups in total. The van der Waals surface area contributed by atoms with Gasteiger partial charge in [0.05, 0.1) is 5.69 Å². The van der Waals surface area contributed by atoms with Crippen LogP contribution in [0.25, 0.3) is 0 Å². The first kappa shape index (κ1) is 14.3. The molecule has 1 aromatic carbocycles. The molecule has 0 spiro atoms. The normalized spacial score (nSPS) is 18.3. The van der Waals surface area contributed by atoms with Crippen LogP contribution >= 0.6 is 0 Å². The van der Waals surface area contributed by atoms with Crippen molar-refractivity contribution in [3.8, 4) is 0 Å². The van der Waals surface area contributed by atoms with Gasteiger partial charge in [-0.1, -0.05) is 19.1 Å². The Morgan fingerprint density at radius 1 is 1.32 bits per heavy atom. The minimum absolute atomic E-state index is 0.139. The van der Waals surface area contributed by atoms with Crippen LogP contribution in [0.2, 0.25) is 0 Å². The van der Waals surface area contributed by atoms with Crippen molar-refractivity contribution in [1.82, 2.24) is 10.2 Å². The van der Waals surface area contributed by atoms with E-state index < -0.39 is 0 Å². The Hall–Kier alpha value is -1.13. The Bertz CT molecular complexity index is 391. The van der Waals surface area contributed by atoms with Gasteiger partial charge in [-0.25, -0.2) is 4.39 Å². The third kappa shape index (κ3) is 4.18. The molecule has 1 aliphatic heterocycles. The minimum Gasteiger partial charge on any atom is -0.372 e. The van der Waals surface area contributed by atoms with Gasteiger partial charge in [0.1, 0.15) is 5.82 Å². The van der Waals surface area contributed by atoms with Crippen molar-refractivity contribution in [3.05, 3.63) is 30.1 Å². The molecule has 1 atom stereocenters. The Labute approximate surface area is 115 Å². The lowest BCUT2D eigenvalue weighted by Gasteiger charge is -2.31. The maximum atomic E-state index is 13.7. The van der Waals surface area contributed by atoms with E-state index in [0.29, 0.717) is 11.6 Å². The molecule has 0 bridgehead atoms. The summed E-state index contributed by atoms with van der Waals surface area (Å²) in [7, 11) is 1.96. The highest BCUT2D eigenvalue weighted by atomic mass is 19.1. The lowest BCUT2D eigenvalue weighted by Crippen LogP contribution is -2.46. The molecular formula is C15H24FN3. The first-order valence-electron chi connectivity index (χ1n) is 7.05. The molecule has 1 heterocycles. The predicted octanol–water partition coefficient (Wildman–Crippen LogP) is 1.80. The number of hydrogen-bond donors (Lipinski definition) is 1. The summed E-state index contributed by atoms with van der Waals surface area (Å²) in [4.78, 5) is 4.50. The zero-order valence-corrected chi connectivity index (χ0v) is 11.9. The maximum Gasteiger partial charge on any atom is 0.146 e. The Morgan fingerprint density at radius 2 is 2.00 bits per heavy atom. The standard InChI is InChI=1S/C15H24FN3/c1-13(12-19-9-7-17-8-10-19)11-18(2)15-6-4-3-5-14(15)16/h3-6,13,17H,7-12H2,1-2H3. The monoisotopic (exact) mass is 265 g/mol. The topological polar surface area (TPSA) is 18.5 Å². The summed E-state index contributed by atoms with van der Waals surface area (Å²) in [6.07, 6.45) is 0. The smallest absolute Gasteiger partial charge is 0.146 e. The molecule has 0 saturated carbocycles. The third-order valence-electron chi connectivity index (χ3n) is 3.63. The van der Waals surface area contributed by atoms with E-state index >= 15 is 0 Å². The molecule has 0 aliphatic carbocycles. The van der Waals surface area contributed by atoms with E-state index in [2.05, 4.69) is 17.1 Å². The van der Waals surface area contributed by atoms with Crippen molar-refractivity contribution in [2.45, 2.75) is 6.92 Å². The largest absolute Gasteiger partial charge is 0.372 e. The van der Waals surface area contributed by atoms with Gasteiger partial charge in [0.15, 0.2) is 0 Å². The van der Waals surface area contributed by atoms with Gasteiger partial charge in [-0.15, -0.1) is 0 Å². The molecule has 19 heavy (non-hydrogen) atoms. The fourth-order valence-electron chi connectivity index (χ4n) is 2.72. The average Bonchev–Trinajstić information content (AvgIpc) is 2.40. The van der Waals surface area contributed by atoms with Crippen LogP contribution in [0.4, 0.5) is 10.1 Å². The first-order chi connectivity index (χ1) is 9.16. The molecule has 0 aromatic heterocycles. The van der Waals surface area contributed by atoms with Crippen LogP contribution in [0.3, 0.4) is 0 Å². The molecular weight excluding hydrogens is 241 g/mol. The number of benzene rings is 1. The summed E-state index contributed by atoms with van der Waals surface area (Å²) >= 11 is 0. The summed E-state index contributed by atoms with van der Waals surface area (Å²) < 4.78 is 13.7. The van der Waals surface area contributed by atoms with E-state index in [1.807, 2.05) is 24.1 Å². The summed E-state index contributed by atoms with van der Waals surface area (Å²) in [6.45, 7) is 8.60. The van der Waals surface area contributed by atoms with E-state index in [1.54, 1.807) is 6.07 Å². The van der Waals surface area contributed by atoms with E-state index in [1.165, 1.54) is 6.07 Å². The van der Waals surface area contributed by atoms with E-state index in [0.717, 1.165) is 39.3 Å². The number of para-hydroxylation sites is 1. The second kappa shape index (κ2) is 6.87. The lowest BCUT2D eigenvalue weighted by molar-refractivity contribution is 0.213. The second-order valence-corrected chi connectivity index (χ2v) is 5.49. The Balaban J connectivity index is 1.84. The van der Waals surface area contributed by atoms with E-state index in [9.17, 15) is 4.39 Å². The molecule has 0 radical (unpaired) electrons. The molecule has 1 fully saturated rings. The van der Waals surface area contributed by atoms with E-state index in [-0.39, 0.29) is 5.82 Å². The number of anilines is 1. The summed E-state index contributed by atoms with van der Waals surface area (Å²) in [5.41, 5.74) is 0.690. The van der Waals surface area contributed by atoms with Crippen molar-refractivity contribution in [2.24, 2.45) is 5.92 Å². The van der Waals surface area contributed by atoms with Crippen LogP contribution in [0, 0.1) is 11.7 Å². The third-order valence-corrected chi connectivity index (χ3v) is 3.63. The van der Waals surface area contributed by atoms with Crippen LogP contribution in [-0.2, 0) is 0 Å².